The average Bonchev–Trinajstić information content (AvgIpc) is 3.19. The Kier molecular flexibility index (Phi) is 8.83. The number of hydrogen-bond acceptors (Lipinski definition) is 4. The van der Waals surface area contributed by atoms with E-state index < -0.39 is 11.2 Å². The molecule has 3 aromatic carbocycles. The van der Waals surface area contributed by atoms with Crippen molar-refractivity contribution in [2.45, 2.75) is 44.4 Å². The number of rotatable bonds is 7. The van der Waals surface area contributed by atoms with Crippen molar-refractivity contribution in [1.82, 2.24) is 5.32 Å². The summed E-state index contributed by atoms with van der Waals surface area (Å²) in [6.07, 6.45) is 0.342. The van der Waals surface area contributed by atoms with Gasteiger partial charge in [0.15, 0.2) is 0 Å². The highest BCUT2D eigenvalue weighted by molar-refractivity contribution is 8.05. The van der Waals surface area contributed by atoms with Crippen LogP contribution >= 0.6 is 35.0 Å². The highest BCUT2D eigenvalue weighted by atomic mass is 35.5. The highest BCUT2D eigenvalue weighted by Gasteiger charge is 2.41. The van der Waals surface area contributed by atoms with Crippen LogP contribution in [0.2, 0.25) is 10.0 Å². The van der Waals surface area contributed by atoms with E-state index >= 15 is 0 Å². The summed E-state index contributed by atoms with van der Waals surface area (Å²) in [5, 5.41) is 13.7. The molecule has 3 aromatic rings. The topological polar surface area (TPSA) is 73.2 Å². The lowest BCUT2D eigenvalue weighted by Gasteiger charge is -2.20. The molecule has 0 bridgehead atoms. The lowest BCUT2D eigenvalue weighted by molar-refractivity contribution is -0.117. The summed E-state index contributed by atoms with van der Waals surface area (Å²) in [6, 6.07) is 24.0. The van der Waals surface area contributed by atoms with E-state index in [0.29, 0.717) is 33.1 Å². The number of anilines is 1. The van der Waals surface area contributed by atoms with Crippen molar-refractivity contribution < 1.29 is 9.59 Å². The predicted octanol–water partition coefficient (Wildman–Crippen LogP) is 7.42. The van der Waals surface area contributed by atoms with Crippen molar-refractivity contribution in [2.75, 3.05) is 4.90 Å². The SMILES string of the molecule is CC(C)c1ccc(N2C(=O)C(Cc3cc(Cl)cc(Cl)c3)S/C2=C(/C#N)C(=O)NC(C)c2ccccc2)cc1. The van der Waals surface area contributed by atoms with Gasteiger partial charge in [-0.25, -0.2) is 0 Å². The van der Waals surface area contributed by atoms with Crippen molar-refractivity contribution in [1.29, 1.82) is 5.26 Å². The molecule has 0 aliphatic carbocycles. The van der Waals surface area contributed by atoms with Gasteiger partial charge < -0.3 is 5.32 Å². The summed E-state index contributed by atoms with van der Waals surface area (Å²) in [6.45, 7) is 6.04. The van der Waals surface area contributed by atoms with E-state index in [4.69, 9.17) is 23.2 Å². The van der Waals surface area contributed by atoms with Crippen molar-refractivity contribution in [2.24, 2.45) is 0 Å². The zero-order valence-corrected chi connectivity index (χ0v) is 23.6. The lowest BCUT2D eigenvalue weighted by Crippen LogP contribution is -2.32. The van der Waals surface area contributed by atoms with Gasteiger partial charge in [0.1, 0.15) is 16.7 Å². The molecule has 8 heteroatoms. The molecule has 0 spiro atoms. The minimum Gasteiger partial charge on any atom is -0.345 e. The van der Waals surface area contributed by atoms with Crippen LogP contribution in [-0.4, -0.2) is 17.1 Å². The number of nitrogens with one attached hydrogen (secondary N) is 1. The van der Waals surface area contributed by atoms with Crippen molar-refractivity contribution in [3.05, 3.63) is 110 Å². The molecule has 1 heterocycles. The van der Waals surface area contributed by atoms with E-state index in [1.807, 2.05) is 61.5 Å². The second kappa shape index (κ2) is 12.1. The lowest BCUT2D eigenvalue weighted by atomic mass is 10.0. The molecule has 1 N–H and O–H groups in total. The Labute approximate surface area is 237 Å². The zero-order chi connectivity index (χ0) is 27.4. The first-order chi connectivity index (χ1) is 18.2. The van der Waals surface area contributed by atoms with Gasteiger partial charge in [-0.1, -0.05) is 91.3 Å². The van der Waals surface area contributed by atoms with Crippen LogP contribution in [0.3, 0.4) is 0 Å². The van der Waals surface area contributed by atoms with Gasteiger partial charge in [-0.2, -0.15) is 5.26 Å². The predicted molar refractivity (Wildman–Crippen MR) is 155 cm³/mol. The fraction of sp³-hybridized carbons (Fsp3) is 0.233. The van der Waals surface area contributed by atoms with Gasteiger partial charge in [0.2, 0.25) is 5.91 Å². The minimum atomic E-state index is -0.563. The van der Waals surface area contributed by atoms with E-state index in [0.717, 1.165) is 16.7 Å². The smallest absolute Gasteiger partial charge is 0.265 e. The van der Waals surface area contributed by atoms with Crippen LogP contribution in [0.25, 0.3) is 0 Å². The quantitative estimate of drug-likeness (QED) is 0.239. The second-order valence-corrected chi connectivity index (χ2v) is 11.5. The summed E-state index contributed by atoms with van der Waals surface area (Å²) in [5.74, 6) is -0.424. The number of nitrogens with zero attached hydrogens (tertiary/aromatic N) is 2. The molecule has 0 aromatic heterocycles. The molecule has 194 valence electrons. The molecular weight excluding hydrogens is 537 g/mol. The van der Waals surface area contributed by atoms with Gasteiger partial charge >= 0.3 is 0 Å². The molecule has 38 heavy (non-hydrogen) atoms. The molecule has 1 saturated heterocycles. The number of carbonyl (C=O) groups is 2. The number of nitriles is 1. The zero-order valence-electron chi connectivity index (χ0n) is 21.2. The Bertz CT molecular complexity index is 1400. The maximum absolute atomic E-state index is 13.8. The summed E-state index contributed by atoms with van der Waals surface area (Å²) in [4.78, 5) is 28.6. The van der Waals surface area contributed by atoms with Gasteiger partial charge in [0, 0.05) is 15.7 Å². The van der Waals surface area contributed by atoms with Crippen LogP contribution < -0.4 is 10.2 Å². The Morgan fingerprint density at radius 1 is 1.00 bits per heavy atom. The molecule has 2 amide bonds. The van der Waals surface area contributed by atoms with Gasteiger partial charge in [-0.15, -0.1) is 0 Å². The van der Waals surface area contributed by atoms with Crippen LogP contribution in [0.15, 0.2) is 83.4 Å². The third kappa shape index (κ3) is 6.24. The number of halogens is 2. The first kappa shape index (κ1) is 27.8. The first-order valence-electron chi connectivity index (χ1n) is 12.2. The molecule has 0 radical (unpaired) electrons. The fourth-order valence-corrected chi connectivity index (χ4v) is 6.15. The molecule has 1 aliphatic heterocycles. The number of hydrogen-bond donors (Lipinski definition) is 1. The Hall–Kier alpha value is -3.24. The molecule has 0 saturated carbocycles. The van der Waals surface area contributed by atoms with Gasteiger partial charge in [-0.3, -0.25) is 14.5 Å². The summed E-state index contributed by atoms with van der Waals surface area (Å²) >= 11 is 13.6. The van der Waals surface area contributed by atoms with Gasteiger partial charge in [0.05, 0.1) is 11.3 Å². The largest absolute Gasteiger partial charge is 0.345 e. The van der Waals surface area contributed by atoms with Crippen LogP contribution in [0.5, 0.6) is 0 Å². The van der Waals surface area contributed by atoms with Gasteiger partial charge in [-0.05, 0) is 66.3 Å². The van der Waals surface area contributed by atoms with E-state index in [9.17, 15) is 14.9 Å². The standard InChI is InChI=1S/C30H27Cl2N3O2S/c1-18(2)21-9-11-25(12-10-21)35-29(37)27(15-20-13-23(31)16-24(32)14-20)38-30(35)26(17-33)28(36)34-19(3)22-7-5-4-6-8-22/h4-14,16,18-19,27H,15H2,1-3H3,(H,34,36)/b30-26-. The van der Waals surface area contributed by atoms with Crippen molar-refractivity contribution in [3.8, 4) is 6.07 Å². The van der Waals surface area contributed by atoms with Crippen LogP contribution in [0, 0.1) is 11.3 Å². The van der Waals surface area contributed by atoms with Crippen LogP contribution in [0.4, 0.5) is 5.69 Å². The fourth-order valence-electron chi connectivity index (χ4n) is 4.27. The number of carbonyl (C=O) groups excluding carboxylic acids is 2. The molecule has 4 rings (SSSR count). The van der Waals surface area contributed by atoms with Crippen LogP contribution in [-0.2, 0) is 16.0 Å². The number of benzene rings is 3. The van der Waals surface area contributed by atoms with Gasteiger partial charge in [0.25, 0.3) is 5.91 Å². The monoisotopic (exact) mass is 563 g/mol. The van der Waals surface area contributed by atoms with E-state index in [2.05, 4.69) is 25.2 Å². The first-order valence-corrected chi connectivity index (χ1v) is 13.9. The van der Waals surface area contributed by atoms with Crippen molar-refractivity contribution >= 4 is 52.5 Å². The molecule has 1 fully saturated rings. The number of amides is 2. The molecule has 5 nitrogen and oxygen atoms in total. The maximum atomic E-state index is 13.8. The Morgan fingerprint density at radius 2 is 1.63 bits per heavy atom. The van der Waals surface area contributed by atoms with E-state index in [1.54, 1.807) is 18.2 Å². The third-order valence-corrected chi connectivity index (χ3v) is 8.01. The minimum absolute atomic E-state index is 0.106. The van der Waals surface area contributed by atoms with E-state index in [-0.39, 0.29) is 17.5 Å². The average molecular weight is 565 g/mol. The highest BCUT2D eigenvalue weighted by Crippen LogP contribution is 2.42. The molecule has 2 atom stereocenters. The molecular formula is C30H27Cl2N3O2S. The Balaban J connectivity index is 1.72. The summed E-state index contributed by atoms with van der Waals surface area (Å²) in [7, 11) is 0. The molecule has 2 unspecified atom stereocenters. The van der Waals surface area contributed by atoms with E-state index in [1.165, 1.54) is 16.7 Å². The Morgan fingerprint density at radius 3 is 2.21 bits per heavy atom. The van der Waals surface area contributed by atoms with Crippen LogP contribution in [0.1, 0.15) is 49.4 Å². The second-order valence-electron chi connectivity index (χ2n) is 9.41. The maximum Gasteiger partial charge on any atom is 0.265 e. The summed E-state index contributed by atoms with van der Waals surface area (Å²) in [5.41, 5.74) is 3.33. The van der Waals surface area contributed by atoms with Crippen molar-refractivity contribution in [3.63, 3.8) is 0 Å². The number of thioether (sulfide) groups is 1. The normalized spacial score (nSPS) is 17.3. The third-order valence-electron chi connectivity index (χ3n) is 6.31. The molecule has 1 aliphatic rings. The summed E-state index contributed by atoms with van der Waals surface area (Å²) < 4.78 is 0.